The van der Waals surface area contributed by atoms with Gasteiger partial charge in [0, 0.05) is 39.2 Å². The Morgan fingerprint density at radius 1 is 1.06 bits per heavy atom. The molecular weight excluding hydrogens is 458 g/mol. The predicted molar refractivity (Wildman–Crippen MR) is 117 cm³/mol. The summed E-state index contributed by atoms with van der Waals surface area (Å²) >= 11 is 0. The fourth-order valence-corrected chi connectivity index (χ4v) is 7.71. The molecule has 3 heterocycles. The lowest BCUT2D eigenvalue weighted by Gasteiger charge is -2.38. The van der Waals surface area contributed by atoms with Crippen molar-refractivity contribution in [2.75, 3.05) is 51.9 Å². The van der Waals surface area contributed by atoms with E-state index in [0.29, 0.717) is 44.0 Å². The van der Waals surface area contributed by atoms with Crippen molar-refractivity contribution in [3.8, 4) is 11.5 Å². The van der Waals surface area contributed by atoms with Crippen LogP contribution in [0.5, 0.6) is 11.5 Å². The summed E-state index contributed by atoms with van der Waals surface area (Å²) in [5.41, 5.74) is 0. The standard InChI is InChI=1S/C20H29N3O7S2/c1-21(2)23(16-7-12-31(25,26)14-16)20(24)15-5-8-22(9-6-15)32(27,28)17-3-4-18-19(13-17)30-11-10-29-18/h3-4,13,15-16H,5-12,14H2,1-2H3. The third-order valence-electron chi connectivity index (χ3n) is 6.17. The number of carbonyl (C=O) groups excluding carboxylic acids is 1. The lowest BCUT2D eigenvalue weighted by Crippen LogP contribution is -2.53. The topological polar surface area (TPSA) is 114 Å². The number of rotatable bonds is 5. The number of benzene rings is 1. The van der Waals surface area contributed by atoms with Gasteiger partial charge in [-0.2, -0.15) is 4.31 Å². The first-order chi connectivity index (χ1) is 15.1. The number of carbonyl (C=O) groups is 1. The molecule has 0 N–H and O–H groups in total. The number of sulfone groups is 1. The number of hydrogen-bond acceptors (Lipinski definition) is 8. The fourth-order valence-electron chi connectivity index (χ4n) is 4.54. The molecule has 1 amide bonds. The number of ether oxygens (including phenoxy) is 2. The molecule has 1 unspecified atom stereocenters. The van der Waals surface area contributed by atoms with Crippen molar-refractivity contribution in [2.24, 2.45) is 5.92 Å². The molecule has 1 aromatic carbocycles. The zero-order chi connectivity index (χ0) is 23.1. The summed E-state index contributed by atoms with van der Waals surface area (Å²) in [5, 5.41) is 3.19. The van der Waals surface area contributed by atoms with Crippen LogP contribution in [0.15, 0.2) is 23.1 Å². The number of piperidine rings is 1. The Morgan fingerprint density at radius 3 is 2.31 bits per heavy atom. The van der Waals surface area contributed by atoms with Gasteiger partial charge in [-0.25, -0.2) is 21.8 Å². The second-order valence-corrected chi connectivity index (χ2v) is 12.7. The van der Waals surface area contributed by atoms with Crippen molar-refractivity contribution >= 4 is 25.8 Å². The van der Waals surface area contributed by atoms with Crippen LogP contribution in [-0.2, 0) is 24.7 Å². The van der Waals surface area contributed by atoms with Gasteiger partial charge in [-0.1, -0.05) is 0 Å². The summed E-state index contributed by atoms with van der Waals surface area (Å²) < 4.78 is 62.4. The number of nitrogens with zero attached hydrogens (tertiary/aromatic N) is 3. The highest BCUT2D eigenvalue weighted by Gasteiger charge is 2.40. The van der Waals surface area contributed by atoms with Crippen LogP contribution in [0, 0.1) is 5.92 Å². The number of hydrazine groups is 1. The van der Waals surface area contributed by atoms with E-state index in [1.54, 1.807) is 30.2 Å². The molecule has 3 aliphatic rings. The molecule has 0 saturated carbocycles. The van der Waals surface area contributed by atoms with Crippen molar-refractivity contribution in [1.29, 1.82) is 0 Å². The first-order valence-electron chi connectivity index (χ1n) is 10.7. The molecule has 2 saturated heterocycles. The van der Waals surface area contributed by atoms with Crippen LogP contribution in [0.25, 0.3) is 0 Å². The van der Waals surface area contributed by atoms with Crippen LogP contribution < -0.4 is 9.47 Å². The van der Waals surface area contributed by atoms with E-state index in [0.717, 1.165) is 0 Å². The van der Waals surface area contributed by atoms with Crippen molar-refractivity contribution in [1.82, 2.24) is 14.3 Å². The minimum absolute atomic E-state index is 0.0335. The number of sulfonamides is 1. The van der Waals surface area contributed by atoms with Gasteiger partial charge >= 0.3 is 0 Å². The third-order valence-corrected chi connectivity index (χ3v) is 9.81. The maximum Gasteiger partial charge on any atom is 0.243 e. The molecule has 1 atom stereocenters. The van der Waals surface area contributed by atoms with Crippen LogP contribution in [-0.4, -0.2) is 95.0 Å². The zero-order valence-electron chi connectivity index (χ0n) is 18.3. The molecular formula is C20H29N3O7S2. The quantitative estimate of drug-likeness (QED) is 0.547. The summed E-state index contributed by atoms with van der Waals surface area (Å²) in [6.07, 6.45) is 1.18. The maximum absolute atomic E-state index is 13.2. The van der Waals surface area contributed by atoms with Crippen LogP contribution in [0.2, 0.25) is 0 Å². The Labute approximate surface area is 189 Å². The lowest BCUT2D eigenvalue weighted by atomic mass is 9.96. The molecule has 3 aliphatic heterocycles. The molecule has 0 radical (unpaired) electrons. The molecule has 0 bridgehead atoms. The molecule has 10 nitrogen and oxygen atoms in total. The molecule has 4 rings (SSSR count). The van der Waals surface area contributed by atoms with Crippen LogP contribution in [0.3, 0.4) is 0 Å². The summed E-state index contributed by atoms with van der Waals surface area (Å²) in [7, 11) is -3.41. The van der Waals surface area contributed by atoms with Crippen LogP contribution in [0.1, 0.15) is 19.3 Å². The molecule has 178 valence electrons. The summed E-state index contributed by atoms with van der Waals surface area (Å²) in [6, 6.07) is 4.22. The van der Waals surface area contributed by atoms with Gasteiger partial charge in [0.1, 0.15) is 13.2 Å². The second kappa shape index (κ2) is 8.81. The second-order valence-electron chi connectivity index (χ2n) is 8.57. The highest BCUT2D eigenvalue weighted by atomic mass is 32.2. The van der Waals surface area contributed by atoms with Gasteiger partial charge in [-0.3, -0.25) is 9.80 Å². The highest BCUT2D eigenvalue weighted by Crippen LogP contribution is 2.34. The fraction of sp³-hybridized carbons (Fsp3) is 0.650. The molecule has 0 spiro atoms. The largest absolute Gasteiger partial charge is 0.486 e. The average Bonchev–Trinajstić information content (AvgIpc) is 3.12. The maximum atomic E-state index is 13.2. The Hall–Kier alpha value is -1.89. The van der Waals surface area contributed by atoms with Gasteiger partial charge in [-0.05, 0) is 31.4 Å². The molecule has 12 heteroatoms. The monoisotopic (exact) mass is 487 g/mol. The molecule has 2 fully saturated rings. The first kappa shape index (κ1) is 23.3. The first-order valence-corrected chi connectivity index (χ1v) is 14.0. The Balaban J connectivity index is 1.43. The summed E-state index contributed by atoms with van der Waals surface area (Å²) in [5.74, 6) is 0.490. The van der Waals surface area contributed by atoms with E-state index in [1.165, 1.54) is 16.4 Å². The minimum Gasteiger partial charge on any atom is -0.486 e. The van der Waals surface area contributed by atoms with Gasteiger partial charge in [0.15, 0.2) is 21.3 Å². The van der Waals surface area contributed by atoms with Crippen LogP contribution >= 0.6 is 0 Å². The Morgan fingerprint density at radius 2 is 1.72 bits per heavy atom. The Kier molecular flexibility index (Phi) is 6.40. The predicted octanol–water partition coefficient (Wildman–Crippen LogP) is 0.351. The van der Waals surface area contributed by atoms with Gasteiger partial charge in [0.2, 0.25) is 15.9 Å². The molecule has 0 aliphatic carbocycles. The van der Waals surface area contributed by atoms with E-state index in [-0.39, 0.29) is 47.4 Å². The normalized spacial score (nSPS) is 23.9. The van der Waals surface area contributed by atoms with Crippen molar-refractivity contribution in [2.45, 2.75) is 30.2 Å². The van der Waals surface area contributed by atoms with Crippen molar-refractivity contribution in [3.05, 3.63) is 18.2 Å². The van der Waals surface area contributed by atoms with E-state index >= 15 is 0 Å². The summed E-state index contributed by atoms with van der Waals surface area (Å²) in [4.78, 5) is 13.4. The SMILES string of the molecule is CN(C)N(C(=O)C1CCN(S(=O)(=O)c2ccc3c(c2)OCCO3)CC1)C1CCS(=O)(=O)C1. The van der Waals surface area contributed by atoms with E-state index in [4.69, 9.17) is 9.47 Å². The molecule has 1 aromatic rings. The van der Waals surface area contributed by atoms with E-state index < -0.39 is 19.9 Å². The van der Waals surface area contributed by atoms with Crippen LogP contribution in [0.4, 0.5) is 0 Å². The Bertz CT molecular complexity index is 1080. The number of fused-ring (bicyclic) bond motifs is 1. The third kappa shape index (κ3) is 4.59. The smallest absolute Gasteiger partial charge is 0.243 e. The van der Waals surface area contributed by atoms with E-state index in [9.17, 15) is 21.6 Å². The highest BCUT2D eigenvalue weighted by molar-refractivity contribution is 7.91. The summed E-state index contributed by atoms with van der Waals surface area (Å²) in [6.45, 7) is 1.24. The van der Waals surface area contributed by atoms with Gasteiger partial charge in [-0.15, -0.1) is 0 Å². The lowest BCUT2D eigenvalue weighted by molar-refractivity contribution is -0.155. The molecule has 0 aromatic heterocycles. The zero-order valence-corrected chi connectivity index (χ0v) is 19.9. The minimum atomic E-state index is -3.73. The van der Waals surface area contributed by atoms with Gasteiger partial charge < -0.3 is 9.47 Å². The van der Waals surface area contributed by atoms with E-state index in [1.807, 2.05) is 0 Å². The van der Waals surface area contributed by atoms with Crippen molar-refractivity contribution < 1.29 is 31.1 Å². The number of hydrogen-bond donors (Lipinski definition) is 0. The van der Waals surface area contributed by atoms with E-state index in [2.05, 4.69) is 0 Å². The molecule has 32 heavy (non-hydrogen) atoms. The number of amides is 1. The van der Waals surface area contributed by atoms with Crippen molar-refractivity contribution in [3.63, 3.8) is 0 Å². The van der Waals surface area contributed by atoms with Gasteiger partial charge in [0.05, 0.1) is 22.4 Å². The average molecular weight is 488 g/mol. The van der Waals surface area contributed by atoms with Gasteiger partial charge in [0.25, 0.3) is 0 Å².